The predicted octanol–water partition coefficient (Wildman–Crippen LogP) is 4.31. The van der Waals surface area contributed by atoms with Gasteiger partial charge in [-0.15, -0.1) is 0 Å². The Labute approximate surface area is 180 Å². The molecule has 3 rings (SSSR count). The van der Waals surface area contributed by atoms with Gasteiger partial charge in [-0.25, -0.2) is 0 Å². The lowest BCUT2D eigenvalue weighted by atomic mass is 10.1. The molecule has 5 nitrogen and oxygen atoms in total. The molecule has 0 fully saturated rings. The van der Waals surface area contributed by atoms with Crippen LogP contribution in [-0.4, -0.2) is 41.3 Å². The molecule has 0 aliphatic heterocycles. The van der Waals surface area contributed by atoms with Gasteiger partial charge in [0.1, 0.15) is 0 Å². The predicted molar refractivity (Wildman–Crippen MR) is 119 cm³/mol. The van der Waals surface area contributed by atoms with Gasteiger partial charge in [0.25, 0.3) is 0 Å². The standard InChI is InChI=1S/C24H27NO4S/c1-18-20(17-24(26)29-15-7-14-28-2)16-23(25(18)21-8-5-4-6-9-21)19-10-12-22(13-11-19)30(3)27/h4-6,8-13,16H,7,14-15,17H2,1-3H3. The second kappa shape index (κ2) is 10.4. The van der Waals surface area contributed by atoms with Crippen LogP contribution in [0.15, 0.2) is 65.6 Å². The lowest BCUT2D eigenvalue weighted by Gasteiger charge is -2.13. The van der Waals surface area contributed by atoms with E-state index < -0.39 is 10.8 Å². The van der Waals surface area contributed by atoms with E-state index in [9.17, 15) is 9.00 Å². The molecule has 0 saturated carbocycles. The zero-order valence-corrected chi connectivity index (χ0v) is 18.4. The lowest BCUT2D eigenvalue weighted by molar-refractivity contribution is -0.143. The molecule has 0 bridgehead atoms. The fraction of sp³-hybridized carbons (Fsp3) is 0.292. The van der Waals surface area contributed by atoms with Gasteiger partial charge < -0.3 is 14.0 Å². The Balaban J connectivity index is 1.94. The van der Waals surface area contributed by atoms with Crippen molar-refractivity contribution in [1.82, 2.24) is 4.57 Å². The average molecular weight is 426 g/mol. The van der Waals surface area contributed by atoms with E-state index in [1.165, 1.54) is 0 Å². The first-order valence-electron chi connectivity index (χ1n) is 9.86. The summed E-state index contributed by atoms with van der Waals surface area (Å²) in [6, 6.07) is 19.8. The van der Waals surface area contributed by atoms with Crippen molar-refractivity contribution in [2.75, 3.05) is 26.6 Å². The summed E-state index contributed by atoms with van der Waals surface area (Å²) >= 11 is 0. The normalized spacial score (nSPS) is 12.0. The molecule has 0 amide bonds. The largest absolute Gasteiger partial charge is 0.465 e. The second-order valence-electron chi connectivity index (χ2n) is 7.03. The number of aromatic nitrogens is 1. The Morgan fingerprint density at radius 2 is 1.73 bits per heavy atom. The maximum Gasteiger partial charge on any atom is 0.310 e. The summed E-state index contributed by atoms with van der Waals surface area (Å²) in [6.07, 6.45) is 2.56. The highest BCUT2D eigenvalue weighted by atomic mass is 32.2. The number of carbonyl (C=O) groups is 1. The van der Waals surface area contributed by atoms with Crippen LogP contribution in [0.5, 0.6) is 0 Å². The van der Waals surface area contributed by atoms with Crippen LogP contribution in [0.3, 0.4) is 0 Å². The van der Waals surface area contributed by atoms with Gasteiger partial charge in [-0.3, -0.25) is 9.00 Å². The Morgan fingerprint density at radius 1 is 1.03 bits per heavy atom. The number of hydrogen-bond donors (Lipinski definition) is 0. The van der Waals surface area contributed by atoms with Gasteiger partial charge in [0.05, 0.1) is 18.7 Å². The van der Waals surface area contributed by atoms with Crippen molar-refractivity contribution in [3.63, 3.8) is 0 Å². The first-order valence-corrected chi connectivity index (χ1v) is 11.4. The summed E-state index contributed by atoms with van der Waals surface area (Å²) in [5.74, 6) is -0.248. The second-order valence-corrected chi connectivity index (χ2v) is 8.41. The van der Waals surface area contributed by atoms with Crippen molar-refractivity contribution in [2.45, 2.75) is 24.7 Å². The number of ether oxygens (including phenoxy) is 2. The molecule has 1 unspecified atom stereocenters. The van der Waals surface area contributed by atoms with E-state index in [-0.39, 0.29) is 12.4 Å². The van der Waals surface area contributed by atoms with E-state index in [1.807, 2.05) is 67.6 Å². The highest BCUT2D eigenvalue weighted by molar-refractivity contribution is 7.84. The van der Waals surface area contributed by atoms with E-state index in [0.29, 0.717) is 19.6 Å². The van der Waals surface area contributed by atoms with E-state index in [0.717, 1.165) is 33.1 Å². The monoisotopic (exact) mass is 425 g/mol. The highest BCUT2D eigenvalue weighted by Gasteiger charge is 2.17. The fourth-order valence-corrected chi connectivity index (χ4v) is 3.89. The zero-order chi connectivity index (χ0) is 21.5. The minimum Gasteiger partial charge on any atom is -0.465 e. The number of benzene rings is 2. The van der Waals surface area contributed by atoms with Gasteiger partial charge in [-0.2, -0.15) is 0 Å². The molecule has 0 saturated heterocycles. The zero-order valence-electron chi connectivity index (χ0n) is 17.6. The Morgan fingerprint density at radius 3 is 2.37 bits per heavy atom. The van der Waals surface area contributed by atoms with Crippen molar-refractivity contribution >= 4 is 16.8 Å². The summed E-state index contributed by atoms with van der Waals surface area (Å²) in [6.45, 7) is 2.94. The van der Waals surface area contributed by atoms with E-state index in [4.69, 9.17) is 9.47 Å². The van der Waals surface area contributed by atoms with Crippen molar-refractivity contribution in [3.8, 4) is 16.9 Å². The number of carbonyl (C=O) groups excluding carboxylic acids is 1. The van der Waals surface area contributed by atoms with Crippen LogP contribution in [0.2, 0.25) is 0 Å². The van der Waals surface area contributed by atoms with Crippen molar-refractivity contribution in [3.05, 3.63) is 71.9 Å². The van der Waals surface area contributed by atoms with Crippen LogP contribution in [0.25, 0.3) is 16.9 Å². The third-order valence-corrected chi connectivity index (χ3v) is 5.88. The molecule has 2 aromatic carbocycles. The smallest absolute Gasteiger partial charge is 0.310 e. The third kappa shape index (κ3) is 5.26. The summed E-state index contributed by atoms with van der Waals surface area (Å²) in [5, 5.41) is 0. The molecule has 0 spiro atoms. The number of methoxy groups -OCH3 is 1. The summed E-state index contributed by atoms with van der Waals surface area (Å²) < 4.78 is 24.2. The van der Waals surface area contributed by atoms with E-state index in [1.54, 1.807) is 13.4 Å². The first kappa shape index (κ1) is 22.0. The molecular weight excluding hydrogens is 398 g/mol. The molecule has 0 aliphatic carbocycles. The van der Waals surface area contributed by atoms with Crippen molar-refractivity contribution < 1.29 is 18.5 Å². The van der Waals surface area contributed by atoms with Gasteiger partial charge in [0.2, 0.25) is 0 Å². The van der Waals surface area contributed by atoms with Gasteiger partial charge >= 0.3 is 5.97 Å². The van der Waals surface area contributed by atoms with Gasteiger partial charge in [0, 0.05) is 53.5 Å². The summed E-state index contributed by atoms with van der Waals surface area (Å²) in [4.78, 5) is 13.1. The molecule has 158 valence electrons. The van der Waals surface area contributed by atoms with Crippen molar-refractivity contribution in [2.24, 2.45) is 0 Å². The Kier molecular flexibility index (Phi) is 7.60. The average Bonchev–Trinajstić information content (AvgIpc) is 3.08. The Bertz CT molecular complexity index is 1010. The van der Waals surface area contributed by atoms with Gasteiger partial charge in [0.15, 0.2) is 0 Å². The molecule has 1 atom stereocenters. The minimum absolute atomic E-state index is 0.211. The minimum atomic E-state index is -1.02. The molecule has 0 aliphatic rings. The number of rotatable bonds is 9. The van der Waals surface area contributed by atoms with Crippen molar-refractivity contribution in [1.29, 1.82) is 0 Å². The van der Waals surface area contributed by atoms with Crippen LogP contribution in [0, 0.1) is 6.92 Å². The molecule has 0 radical (unpaired) electrons. The molecule has 1 heterocycles. The maximum atomic E-state index is 12.3. The van der Waals surface area contributed by atoms with Gasteiger partial charge in [-0.05, 0) is 48.4 Å². The molecular formula is C24H27NO4S. The van der Waals surface area contributed by atoms with Crippen LogP contribution in [0.1, 0.15) is 17.7 Å². The quantitative estimate of drug-likeness (QED) is 0.379. The number of para-hydroxylation sites is 1. The van der Waals surface area contributed by atoms with Crippen LogP contribution in [0.4, 0.5) is 0 Å². The summed E-state index contributed by atoms with van der Waals surface area (Å²) in [7, 11) is 0.605. The highest BCUT2D eigenvalue weighted by Crippen LogP contribution is 2.30. The molecule has 30 heavy (non-hydrogen) atoms. The van der Waals surface area contributed by atoms with Crippen LogP contribution >= 0.6 is 0 Å². The Hall–Kier alpha value is -2.70. The maximum absolute atomic E-state index is 12.3. The summed E-state index contributed by atoms with van der Waals surface area (Å²) in [5.41, 5.74) is 4.92. The first-order chi connectivity index (χ1) is 14.5. The lowest BCUT2D eigenvalue weighted by Crippen LogP contribution is -2.11. The third-order valence-electron chi connectivity index (χ3n) is 4.94. The molecule has 6 heteroatoms. The van der Waals surface area contributed by atoms with Crippen LogP contribution < -0.4 is 0 Å². The van der Waals surface area contributed by atoms with E-state index >= 15 is 0 Å². The number of nitrogens with zero attached hydrogens (tertiary/aromatic N) is 1. The molecule has 1 aromatic heterocycles. The topological polar surface area (TPSA) is 57.5 Å². The van der Waals surface area contributed by atoms with E-state index in [2.05, 4.69) is 4.57 Å². The van der Waals surface area contributed by atoms with Gasteiger partial charge in [-0.1, -0.05) is 30.3 Å². The SMILES string of the molecule is COCCCOC(=O)Cc1cc(-c2ccc(S(C)=O)cc2)n(-c2ccccc2)c1C. The van der Waals surface area contributed by atoms with Crippen LogP contribution in [-0.2, 0) is 31.5 Å². The molecule has 3 aromatic rings. The fourth-order valence-electron chi connectivity index (χ4n) is 3.37. The number of hydrogen-bond acceptors (Lipinski definition) is 4. The molecule has 0 N–H and O–H groups in total. The number of esters is 1.